The smallest absolute Gasteiger partial charge is 0.330 e. The molecular weight excluding hydrogens is 203 g/mol. The summed E-state index contributed by atoms with van der Waals surface area (Å²) in [6, 6.07) is 5.40. The van der Waals surface area contributed by atoms with Crippen molar-refractivity contribution < 1.29 is 13.2 Å². The standard InChI is InChI=1S/C11H12F3N/c12-11(13,14)9-3-1-7(2-4-9)10-5-8(10)6-15/h1-4,8,10H,5-6,15H2/t8-,10+/m0/s1. The predicted octanol–water partition coefficient (Wildman–Crippen LogP) is 2.77. The number of hydrogen-bond donors (Lipinski definition) is 1. The maximum absolute atomic E-state index is 12.3. The highest BCUT2D eigenvalue weighted by Crippen LogP contribution is 2.46. The second-order valence-corrected chi connectivity index (χ2v) is 3.96. The Morgan fingerprint density at radius 3 is 2.20 bits per heavy atom. The van der Waals surface area contributed by atoms with Crippen molar-refractivity contribution in [2.45, 2.75) is 18.5 Å². The lowest BCUT2D eigenvalue weighted by Crippen LogP contribution is -2.05. The molecule has 2 N–H and O–H groups in total. The number of halogens is 3. The van der Waals surface area contributed by atoms with E-state index in [0.717, 1.165) is 24.1 Å². The van der Waals surface area contributed by atoms with E-state index in [1.54, 1.807) is 12.1 Å². The van der Waals surface area contributed by atoms with E-state index >= 15 is 0 Å². The van der Waals surface area contributed by atoms with Gasteiger partial charge in [0.1, 0.15) is 0 Å². The van der Waals surface area contributed by atoms with Crippen molar-refractivity contribution in [2.24, 2.45) is 11.7 Å². The van der Waals surface area contributed by atoms with Gasteiger partial charge in [-0.15, -0.1) is 0 Å². The van der Waals surface area contributed by atoms with E-state index in [4.69, 9.17) is 5.73 Å². The third-order valence-corrected chi connectivity index (χ3v) is 2.89. The Morgan fingerprint density at radius 2 is 1.80 bits per heavy atom. The van der Waals surface area contributed by atoms with Crippen LogP contribution in [0, 0.1) is 5.92 Å². The highest BCUT2D eigenvalue weighted by molar-refractivity contribution is 5.30. The Kier molecular flexibility index (Phi) is 2.46. The minimum atomic E-state index is -4.24. The normalized spacial score (nSPS) is 25.3. The summed E-state index contributed by atoms with van der Waals surface area (Å²) in [5.74, 6) is 0.832. The fourth-order valence-corrected chi connectivity index (χ4v) is 1.84. The van der Waals surface area contributed by atoms with Gasteiger partial charge in [0.25, 0.3) is 0 Å². The lowest BCUT2D eigenvalue weighted by molar-refractivity contribution is -0.137. The van der Waals surface area contributed by atoms with Crippen LogP contribution in [0.3, 0.4) is 0 Å². The second-order valence-electron chi connectivity index (χ2n) is 3.96. The van der Waals surface area contributed by atoms with Crippen LogP contribution < -0.4 is 5.73 Å². The molecule has 0 aliphatic heterocycles. The van der Waals surface area contributed by atoms with Crippen LogP contribution in [0.25, 0.3) is 0 Å². The first-order chi connectivity index (χ1) is 7.02. The SMILES string of the molecule is NC[C@@H]1C[C@@H]1c1ccc(C(F)(F)F)cc1. The van der Waals surface area contributed by atoms with Crippen LogP contribution in [0.5, 0.6) is 0 Å². The van der Waals surface area contributed by atoms with Crippen LogP contribution in [-0.2, 0) is 6.18 Å². The van der Waals surface area contributed by atoms with E-state index in [1.807, 2.05) is 0 Å². The molecule has 1 aliphatic rings. The van der Waals surface area contributed by atoms with Gasteiger partial charge in [-0.25, -0.2) is 0 Å². The Balaban J connectivity index is 2.12. The van der Waals surface area contributed by atoms with Gasteiger partial charge in [-0.05, 0) is 42.5 Å². The summed E-state index contributed by atoms with van der Waals surface area (Å²) in [6.07, 6.45) is -3.24. The van der Waals surface area contributed by atoms with Gasteiger partial charge in [-0.3, -0.25) is 0 Å². The molecule has 2 rings (SSSR count). The van der Waals surface area contributed by atoms with E-state index in [9.17, 15) is 13.2 Å². The molecule has 2 atom stereocenters. The lowest BCUT2D eigenvalue weighted by atomic mass is 10.1. The molecule has 0 spiro atoms. The van der Waals surface area contributed by atoms with E-state index < -0.39 is 11.7 Å². The highest BCUT2D eigenvalue weighted by atomic mass is 19.4. The van der Waals surface area contributed by atoms with Crippen molar-refractivity contribution in [2.75, 3.05) is 6.54 Å². The molecule has 0 amide bonds. The monoisotopic (exact) mass is 215 g/mol. The largest absolute Gasteiger partial charge is 0.416 e. The maximum atomic E-state index is 12.3. The predicted molar refractivity (Wildman–Crippen MR) is 51.3 cm³/mol. The Morgan fingerprint density at radius 1 is 1.20 bits per heavy atom. The molecule has 82 valence electrons. The van der Waals surface area contributed by atoms with Crippen molar-refractivity contribution in [1.29, 1.82) is 0 Å². The van der Waals surface area contributed by atoms with Gasteiger partial charge in [-0.1, -0.05) is 12.1 Å². The van der Waals surface area contributed by atoms with Gasteiger partial charge in [0.2, 0.25) is 0 Å². The number of rotatable bonds is 2. The Hall–Kier alpha value is -1.03. The highest BCUT2D eigenvalue weighted by Gasteiger charge is 2.37. The summed E-state index contributed by atoms with van der Waals surface area (Å²) in [5, 5.41) is 0. The topological polar surface area (TPSA) is 26.0 Å². The van der Waals surface area contributed by atoms with Crippen LogP contribution in [0.2, 0.25) is 0 Å². The van der Waals surface area contributed by atoms with E-state index in [-0.39, 0.29) is 0 Å². The van der Waals surface area contributed by atoms with Crippen molar-refractivity contribution in [3.8, 4) is 0 Å². The van der Waals surface area contributed by atoms with E-state index in [1.165, 1.54) is 0 Å². The first-order valence-corrected chi connectivity index (χ1v) is 4.89. The summed E-state index contributed by atoms with van der Waals surface area (Å²) < 4.78 is 36.8. The van der Waals surface area contributed by atoms with Gasteiger partial charge in [0.15, 0.2) is 0 Å². The molecule has 1 fully saturated rings. The molecule has 1 saturated carbocycles. The molecule has 1 nitrogen and oxygen atoms in total. The van der Waals surface area contributed by atoms with Gasteiger partial charge in [-0.2, -0.15) is 13.2 Å². The van der Waals surface area contributed by atoms with Crippen LogP contribution in [0.15, 0.2) is 24.3 Å². The van der Waals surface area contributed by atoms with Gasteiger partial charge < -0.3 is 5.73 Å². The summed E-state index contributed by atoms with van der Waals surface area (Å²) >= 11 is 0. The zero-order valence-corrected chi connectivity index (χ0v) is 8.09. The molecule has 0 saturated heterocycles. The molecule has 1 aromatic carbocycles. The minimum absolute atomic E-state index is 0.372. The average Bonchev–Trinajstić information content (AvgIpc) is 2.95. The van der Waals surface area contributed by atoms with Crippen molar-refractivity contribution >= 4 is 0 Å². The first-order valence-electron chi connectivity index (χ1n) is 4.89. The summed E-state index contributed by atoms with van der Waals surface area (Å²) in [4.78, 5) is 0. The average molecular weight is 215 g/mol. The third-order valence-electron chi connectivity index (χ3n) is 2.89. The minimum Gasteiger partial charge on any atom is -0.330 e. The quantitative estimate of drug-likeness (QED) is 0.806. The maximum Gasteiger partial charge on any atom is 0.416 e. The molecule has 4 heteroatoms. The first kappa shape index (κ1) is 10.5. The molecule has 0 radical (unpaired) electrons. The van der Waals surface area contributed by atoms with Crippen LogP contribution in [-0.4, -0.2) is 6.54 Å². The molecule has 0 bridgehead atoms. The molecule has 0 unspecified atom stereocenters. The van der Waals surface area contributed by atoms with E-state index in [0.29, 0.717) is 18.4 Å². The summed E-state index contributed by atoms with van der Waals surface area (Å²) in [6.45, 7) is 0.617. The lowest BCUT2D eigenvalue weighted by Gasteiger charge is -2.07. The van der Waals surface area contributed by atoms with Crippen molar-refractivity contribution in [3.63, 3.8) is 0 Å². The fourth-order valence-electron chi connectivity index (χ4n) is 1.84. The number of nitrogens with two attached hydrogens (primary N) is 1. The van der Waals surface area contributed by atoms with E-state index in [2.05, 4.69) is 0 Å². The van der Waals surface area contributed by atoms with Gasteiger partial charge in [0, 0.05) is 0 Å². The number of alkyl halides is 3. The van der Waals surface area contributed by atoms with Crippen molar-refractivity contribution in [3.05, 3.63) is 35.4 Å². The Bertz CT molecular complexity index is 342. The third kappa shape index (κ3) is 2.15. The summed E-state index contributed by atoms with van der Waals surface area (Å²) in [5.41, 5.74) is 5.86. The number of hydrogen-bond acceptors (Lipinski definition) is 1. The van der Waals surface area contributed by atoms with Crippen LogP contribution in [0.1, 0.15) is 23.5 Å². The van der Waals surface area contributed by atoms with Crippen molar-refractivity contribution in [1.82, 2.24) is 0 Å². The van der Waals surface area contributed by atoms with Crippen LogP contribution in [0.4, 0.5) is 13.2 Å². The van der Waals surface area contributed by atoms with Crippen LogP contribution >= 0.6 is 0 Å². The fraction of sp³-hybridized carbons (Fsp3) is 0.455. The zero-order chi connectivity index (χ0) is 11.1. The van der Waals surface area contributed by atoms with Gasteiger partial charge >= 0.3 is 6.18 Å². The molecular formula is C11H12F3N. The molecule has 0 aromatic heterocycles. The number of benzene rings is 1. The molecule has 1 aliphatic carbocycles. The second kappa shape index (κ2) is 3.52. The Labute approximate surface area is 86.1 Å². The molecule has 1 aromatic rings. The summed E-state index contributed by atoms with van der Waals surface area (Å²) in [7, 11) is 0. The molecule has 0 heterocycles. The van der Waals surface area contributed by atoms with Gasteiger partial charge in [0.05, 0.1) is 5.56 Å². The molecule has 15 heavy (non-hydrogen) atoms. The zero-order valence-electron chi connectivity index (χ0n) is 8.09.